The SMILES string of the molecule is CC[C@@H](C)NC(=O)[C@@H](C)NC(=O)Nc1cccc(Cl)c1OC. The highest BCUT2D eigenvalue weighted by atomic mass is 35.5. The molecule has 0 aliphatic rings. The van der Waals surface area contributed by atoms with Gasteiger partial charge >= 0.3 is 6.03 Å². The van der Waals surface area contributed by atoms with Crippen LogP contribution >= 0.6 is 11.6 Å². The maximum atomic E-state index is 12.0. The van der Waals surface area contributed by atoms with E-state index in [1.54, 1.807) is 25.1 Å². The number of ether oxygens (including phenoxy) is 1. The molecule has 0 heterocycles. The molecule has 2 atom stereocenters. The number of nitrogens with one attached hydrogen (secondary N) is 3. The Morgan fingerprint density at radius 2 is 1.95 bits per heavy atom. The first-order chi connectivity index (χ1) is 10.4. The topological polar surface area (TPSA) is 79.5 Å². The van der Waals surface area contributed by atoms with E-state index < -0.39 is 12.1 Å². The van der Waals surface area contributed by atoms with Crippen molar-refractivity contribution in [3.05, 3.63) is 23.2 Å². The van der Waals surface area contributed by atoms with Crippen molar-refractivity contribution in [1.82, 2.24) is 10.6 Å². The van der Waals surface area contributed by atoms with E-state index in [4.69, 9.17) is 16.3 Å². The summed E-state index contributed by atoms with van der Waals surface area (Å²) in [7, 11) is 1.46. The molecule has 122 valence electrons. The molecular formula is C15H22ClN3O3. The number of hydrogen-bond donors (Lipinski definition) is 3. The first kappa shape index (κ1) is 18.1. The Kier molecular flexibility index (Phi) is 6.98. The van der Waals surface area contributed by atoms with Crippen LogP contribution < -0.4 is 20.7 Å². The molecule has 22 heavy (non-hydrogen) atoms. The highest BCUT2D eigenvalue weighted by Gasteiger charge is 2.18. The maximum absolute atomic E-state index is 12.0. The normalized spacial score (nSPS) is 13.0. The van der Waals surface area contributed by atoms with E-state index in [1.165, 1.54) is 7.11 Å². The Morgan fingerprint density at radius 1 is 1.27 bits per heavy atom. The van der Waals surface area contributed by atoms with Crippen LogP contribution in [0.1, 0.15) is 27.2 Å². The van der Waals surface area contributed by atoms with Crippen molar-refractivity contribution in [3.8, 4) is 5.75 Å². The third-order valence-electron chi connectivity index (χ3n) is 3.16. The summed E-state index contributed by atoms with van der Waals surface area (Å²) in [6, 6.07) is 3.92. The Morgan fingerprint density at radius 3 is 2.55 bits per heavy atom. The molecule has 7 heteroatoms. The van der Waals surface area contributed by atoms with Gasteiger partial charge in [-0.25, -0.2) is 4.79 Å². The van der Waals surface area contributed by atoms with Crippen LogP contribution in [0.4, 0.5) is 10.5 Å². The number of methoxy groups -OCH3 is 1. The van der Waals surface area contributed by atoms with Gasteiger partial charge < -0.3 is 20.7 Å². The van der Waals surface area contributed by atoms with Crippen molar-refractivity contribution < 1.29 is 14.3 Å². The van der Waals surface area contributed by atoms with Crippen LogP contribution in [0, 0.1) is 0 Å². The third-order valence-corrected chi connectivity index (χ3v) is 3.46. The predicted molar refractivity (Wildman–Crippen MR) is 87.5 cm³/mol. The molecule has 0 aromatic heterocycles. The van der Waals surface area contributed by atoms with Crippen molar-refractivity contribution in [2.45, 2.75) is 39.3 Å². The molecule has 3 N–H and O–H groups in total. The fourth-order valence-corrected chi connectivity index (χ4v) is 1.96. The van der Waals surface area contributed by atoms with E-state index in [-0.39, 0.29) is 11.9 Å². The van der Waals surface area contributed by atoms with Crippen LogP contribution in [-0.2, 0) is 4.79 Å². The van der Waals surface area contributed by atoms with Gasteiger partial charge in [0, 0.05) is 6.04 Å². The molecule has 6 nitrogen and oxygen atoms in total. The second kappa shape index (κ2) is 8.48. The summed E-state index contributed by atoms with van der Waals surface area (Å²) in [6.07, 6.45) is 0.824. The monoisotopic (exact) mass is 327 g/mol. The predicted octanol–water partition coefficient (Wildman–Crippen LogP) is 2.77. The molecule has 3 amide bonds. The van der Waals surface area contributed by atoms with E-state index in [1.807, 2.05) is 13.8 Å². The molecule has 0 saturated carbocycles. The van der Waals surface area contributed by atoms with Gasteiger partial charge in [-0.15, -0.1) is 0 Å². The van der Waals surface area contributed by atoms with Gasteiger partial charge in [0.05, 0.1) is 17.8 Å². The number of halogens is 1. The standard InChI is InChI=1S/C15H22ClN3O3/c1-5-9(2)17-14(20)10(3)18-15(21)19-12-8-6-7-11(16)13(12)22-4/h6-10H,5H2,1-4H3,(H,17,20)(H2,18,19,21)/t9-,10-/m1/s1. The van der Waals surface area contributed by atoms with Gasteiger partial charge in [-0.05, 0) is 32.4 Å². The molecule has 0 radical (unpaired) electrons. The molecule has 0 unspecified atom stereocenters. The molecule has 1 rings (SSSR count). The van der Waals surface area contributed by atoms with E-state index in [9.17, 15) is 9.59 Å². The fourth-order valence-electron chi connectivity index (χ4n) is 1.71. The molecule has 1 aromatic rings. The first-order valence-corrected chi connectivity index (χ1v) is 7.47. The average Bonchev–Trinajstić information content (AvgIpc) is 2.47. The molecule has 0 fully saturated rings. The summed E-state index contributed by atoms with van der Waals surface area (Å²) in [5.41, 5.74) is 0.432. The Hall–Kier alpha value is -1.95. The number of carbonyl (C=O) groups is 2. The number of urea groups is 1. The molecule has 0 saturated heterocycles. The Balaban J connectivity index is 2.63. The lowest BCUT2D eigenvalue weighted by Crippen LogP contribution is -2.48. The number of amides is 3. The lowest BCUT2D eigenvalue weighted by atomic mass is 10.2. The van der Waals surface area contributed by atoms with Gasteiger partial charge in [-0.1, -0.05) is 24.6 Å². The average molecular weight is 328 g/mol. The van der Waals surface area contributed by atoms with E-state index >= 15 is 0 Å². The third kappa shape index (κ3) is 5.11. The Bertz CT molecular complexity index is 537. The number of hydrogen-bond acceptors (Lipinski definition) is 3. The van der Waals surface area contributed by atoms with Crippen LogP contribution in [0.3, 0.4) is 0 Å². The molecule has 0 aliphatic heterocycles. The van der Waals surface area contributed by atoms with E-state index in [0.29, 0.717) is 16.5 Å². The summed E-state index contributed by atoms with van der Waals surface area (Å²) in [6.45, 7) is 5.50. The summed E-state index contributed by atoms with van der Waals surface area (Å²) < 4.78 is 5.14. The molecule has 1 aromatic carbocycles. The quantitative estimate of drug-likeness (QED) is 0.751. The lowest BCUT2D eigenvalue weighted by molar-refractivity contribution is -0.123. The van der Waals surface area contributed by atoms with Gasteiger partial charge in [-0.3, -0.25) is 4.79 Å². The van der Waals surface area contributed by atoms with Crippen molar-refractivity contribution in [1.29, 1.82) is 0 Å². The summed E-state index contributed by atoms with van der Waals surface area (Å²) in [5.74, 6) is 0.138. The summed E-state index contributed by atoms with van der Waals surface area (Å²) >= 11 is 5.98. The molecule has 0 bridgehead atoms. The number of benzene rings is 1. The van der Waals surface area contributed by atoms with Crippen molar-refractivity contribution in [3.63, 3.8) is 0 Å². The smallest absolute Gasteiger partial charge is 0.319 e. The van der Waals surface area contributed by atoms with E-state index in [0.717, 1.165) is 6.42 Å². The number of para-hydroxylation sites is 1. The highest BCUT2D eigenvalue weighted by molar-refractivity contribution is 6.32. The second-order valence-corrected chi connectivity index (χ2v) is 5.37. The minimum absolute atomic E-state index is 0.0628. The van der Waals surface area contributed by atoms with Crippen molar-refractivity contribution >= 4 is 29.2 Å². The molecular weight excluding hydrogens is 306 g/mol. The van der Waals surface area contributed by atoms with Crippen molar-refractivity contribution in [2.75, 3.05) is 12.4 Å². The van der Waals surface area contributed by atoms with Gasteiger partial charge in [0.25, 0.3) is 0 Å². The number of anilines is 1. The van der Waals surface area contributed by atoms with Crippen LogP contribution in [0.15, 0.2) is 18.2 Å². The number of rotatable bonds is 6. The van der Waals surface area contributed by atoms with Crippen LogP contribution in [-0.4, -0.2) is 31.1 Å². The minimum atomic E-state index is -0.654. The second-order valence-electron chi connectivity index (χ2n) is 4.96. The number of carbonyl (C=O) groups excluding carboxylic acids is 2. The summed E-state index contributed by atoms with van der Waals surface area (Å²) in [5, 5.41) is 8.38. The largest absolute Gasteiger partial charge is 0.493 e. The molecule has 0 aliphatic carbocycles. The van der Waals surface area contributed by atoms with Crippen LogP contribution in [0.25, 0.3) is 0 Å². The zero-order valence-corrected chi connectivity index (χ0v) is 14.0. The zero-order valence-electron chi connectivity index (χ0n) is 13.2. The van der Waals surface area contributed by atoms with Gasteiger partial charge in [0.15, 0.2) is 5.75 Å². The van der Waals surface area contributed by atoms with Gasteiger partial charge in [0.2, 0.25) is 5.91 Å². The fraction of sp³-hybridized carbons (Fsp3) is 0.467. The highest BCUT2D eigenvalue weighted by Crippen LogP contribution is 2.32. The van der Waals surface area contributed by atoms with E-state index in [2.05, 4.69) is 16.0 Å². The maximum Gasteiger partial charge on any atom is 0.319 e. The first-order valence-electron chi connectivity index (χ1n) is 7.09. The summed E-state index contributed by atoms with van der Waals surface area (Å²) in [4.78, 5) is 23.8. The van der Waals surface area contributed by atoms with Gasteiger partial charge in [0.1, 0.15) is 6.04 Å². The molecule has 0 spiro atoms. The van der Waals surface area contributed by atoms with Crippen LogP contribution in [0.5, 0.6) is 5.75 Å². The Labute approximate surface area is 135 Å². The van der Waals surface area contributed by atoms with Crippen LogP contribution in [0.2, 0.25) is 5.02 Å². The lowest BCUT2D eigenvalue weighted by Gasteiger charge is -2.18. The minimum Gasteiger partial charge on any atom is -0.493 e. The van der Waals surface area contributed by atoms with Gasteiger partial charge in [-0.2, -0.15) is 0 Å². The zero-order chi connectivity index (χ0) is 16.7. The van der Waals surface area contributed by atoms with Crippen molar-refractivity contribution in [2.24, 2.45) is 0 Å².